The maximum atomic E-state index is 3.76. The predicted molar refractivity (Wildman–Crippen MR) is 58.9 cm³/mol. The first-order chi connectivity index (χ1) is 5.54. The summed E-state index contributed by atoms with van der Waals surface area (Å²) in [4.78, 5) is 0. The van der Waals surface area contributed by atoms with E-state index in [0.29, 0.717) is 0 Å². The summed E-state index contributed by atoms with van der Waals surface area (Å²) in [7, 11) is 0. The molecule has 0 aromatic heterocycles. The molecule has 0 rings (SSSR count). The number of rotatable bonds is 4. The van der Waals surface area contributed by atoms with E-state index in [4.69, 9.17) is 0 Å². The van der Waals surface area contributed by atoms with Crippen molar-refractivity contribution in [2.45, 2.75) is 53.4 Å². The van der Waals surface area contributed by atoms with Gasteiger partial charge in [0.1, 0.15) is 0 Å². The van der Waals surface area contributed by atoms with Crippen molar-refractivity contribution in [2.75, 3.05) is 0 Å². The Morgan fingerprint density at radius 1 is 0.923 bits per heavy atom. The summed E-state index contributed by atoms with van der Waals surface area (Å²) in [6, 6.07) is 0. The van der Waals surface area contributed by atoms with Gasteiger partial charge in [-0.15, -0.1) is 0 Å². The van der Waals surface area contributed by atoms with Crippen LogP contribution in [0.5, 0.6) is 0 Å². The molecule has 0 saturated heterocycles. The van der Waals surface area contributed by atoms with Crippen LogP contribution in [-0.2, 0) is 21.1 Å². The van der Waals surface area contributed by atoms with E-state index < -0.39 is 0 Å². The van der Waals surface area contributed by atoms with Crippen LogP contribution < -0.4 is 0 Å². The van der Waals surface area contributed by atoms with Gasteiger partial charge in [-0.25, -0.2) is 0 Å². The number of hydrogen-bond acceptors (Lipinski definition) is 0. The smallest absolute Gasteiger partial charge is 0.343 e. The molecule has 80 valence electrons. The molecule has 0 amide bonds. The first kappa shape index (κ1) is 19.3. The Morgan fingerprint density at radius 2 is 1.31 bits per heavy atom. The van der Waals surface area contributed by atoms with Crippen LogP contribution in [0.25, 0.3) is 0 Å². The second-order valence-electron chi connectivity index (χ2n) is 4.07. The first-order valence-electron chi connectivity index (χ1n) is 5.13. The van der Waals surface area contributed by atoms with E-state index >= 15 is 0 Å². The normalized spacial score (nSPS) is 9.23. The van der Waals surface area contributed by atoms with Gasteiger partial charge in [0, 0.05) is 0 Å². The molecule has 1 heteroatoms. The standard InChI is InChI=1S/C7H15.C5H11.W/c1-4-5-6-7(2)3;1-4-5(2)3;/h7H,1,4-6H2,2-3H3;5H,1,4H2,2-3H3;/q2*-1;+2. The molecule has 0 atom stereocenters. The summed E-state index contributed by atoms with van der Waals surface area (Å²) in [6.07, 6.45) is 4.78. The Kier molecular flexibility index (Phi) is 22.5. The molecule has 0 bridgehead atoms. The fraction of sp³-hybridized carbons (Fsp3) is 0.833. The van der Waals surface area contributed by atoms with Crippen molar-refractivity contribution in [2.24, 2.45) is 11.8 Å². The van der Waals surface area contributed by atoms with E-state index in [1.807, 2.05) is 0 Å². The molecule has 0 heterocycles. The Balaban J connectivity index is -0.000000150. The van der Waals surface area contributed by atoms with Gasteiger partial charge in [0.2, 0.25) is 0 Å². The second kappa shape index (κ2) is 15.2. The molecule has 13 heavy (non-hydrogen) atoms. The molecule has 0 fully saturated rings. The molecule has 0 nitrogen and oxygen atoms in total. The van der Waals surface area contributed by atoms with Gasteiger partial charge in [-0.1, -0.05) is 46.5 Å². The monoisotopic (exact) mass is 354 g/mol. The molecule has 0 aliphatic heterocycles. The van der Waals surface area contributed by atoms with Crippen molar-refractivity contribution in [1.82, 2.24) is 0 Å². The summed E-state index contributed by atoms with van der Waals surface area (Å²) in [5.74, 6) is 1.64. The minimum atomic E-state index is 0. The van der Waals surface area contributed by atoms with Crippen LogP contribution in [0.4, 0.5) is 0 Å². The van der Waals surface area contributed by atoms with Crippen molar-refractivity contribution in [3.8, 4) is 0 Å². The average molecular weight is 354 g/mol. The van der Waals surface area contributed by atoms with E-state index in [2.05, 4.69) is 41.5 Å². The third-order valence-electron chi connectivity index (χ3n) is 1.61. The quantitative estimate of drug-likeness (QED) is 0.652. The number of hydrogen-bond donors (Lipinski definition) is 0. The topological polar surface area (TPSA) is 0 Å². The average Bonchev–Trinajstić information content (AvgIpc) is 2.02. The minimum absolute atomic E-state index is 0. The van der Waals surface area contributed by atoms with Crippen LogP contribution in [0, 0.1) is 25.7 Å². The summed E-state index contributed by atoms with van der Waals surface area (Å²) in [5.41, 5.74) is 0. The van der Waals surface area contributed by atoms with E-state index in [0.717, 1.165) is 24.7 Å². The molecule has 0 saturated carbocycles. The van der Waals surface area contributed by atoms with Crippen molar-refractivity contribution >= 4 is 0 Å². The molecule has 0 unspecified atom stereocenters. The van der Waals surface area contributed by atoms with Crippen molar-refractivity contribution in [1.29, 1.82) is 0 Å². The molecule has 0 spiro atoms. The molecule has 0 aliphatic carbocycles. The second-order valence-corrected chi connectivity index (χ2v) is 4.07. The zero-order valence-electron chi connectivity index (χ0n) is 9.81. The largest absolute Gasteiger partial charge is 2.00 e. The SMILES string of the molecule is [CH2-]CC(C)C.[CH2-]CCCC(C)C.[W+2]. The maximum Gasteiger partial charge on any atom is 2.00 e. The van der Waals surface area contributed by atoms with Crippen molar-refractivity contribution in [3.05, 3.63) is 13.8 Å². The van der Waals surface area contributed by atoms with Crippen LogP contribution >= 0.6 is 0 Å². The van der Waals surface area contributed by atoms with E-state index in [-0.39, 0.29) is 21.1 Å². The summed E-state index contributed by atoms with van der Waals surface area (Å²) in [5, 5.41) is 0. The Bertz CT molecular complexity index is 67.5. The fourth-order valence-corrected chi connectivity index (χ4v) is 0.553. The van der Waals surface area contributed by atoms with Gasteiger partial charge in [-0.05, 0) is 5.92 Å². The summed E-state index contributed by atoms with van der Waals surface area (Å²) < 4.78 is 0. The zero-order valence-corrected chi connectivity index (χ0v) is 12.7. The van der Waals surface area contributed by atoms with Crippen LogP contribution in [-0.4, -0.2) is 0 Å². The summed E-state index contributed by atoms with van der Waals surface area (Å²) >= 11 is 0. The third-order valence-corrected chi connectivity index (χ3v) is 1.61. The van der Waals surface area contributed by atoms with Crippen LogP contribution in [0.1, 0.15) is 53.4 Å². The molecule has 0 radical (unpaired) electrons. The van der Waals surface area contributed by atoms with Crippen molar-refractivity contribution < 1.29 is 21.1 Å². The summed E-state index contributed by atoms with van der Waals surface area (Å²) in [6.45, 7) is 16.3. The van der Waals surface area contributed by atoms with E-state index in [9.17, 15) is 0 Å². The molecule has 0 N–H and O–H groups in total. The van der Waals surface area contributed by atoms with Gasteiger partial charge in [-0.2, -0.15) is 12.8 Å². The first-order valence-corrected chi connectivity index (χ1v) is 5.13. The predicted octanol–water partition coefficient (Wildman–Crippen LogP) is 4.51. The number of unbranched alkanes of at least 4 members (excludes halogenated alkanes) is 1. The van der Waals surface area contributed by atoms with Gasteiger partial charge in [0.25, 0.3) is 0 Å². The Morgan fingerprint density at radius 3 is 1.38 bits per heavy atom. The Labute approximate surface area is 100 Å². The van der Waals surface area contributed by atoms with Crippen LogP contribution in [0.15, 0.2) is 0 Å². The molecule has 0 aromatic carbocycles. The van der Waals surface area contributed by atoms with Gasteiger partial charge in [0.15, 0.2) is 0 Å². The van der Waals surface area contributed by atoms with E-state index in [1.54, 1.807) is 0 Å². The van der Waals surface area contributed by atoms with Gasteiger partial charge in [0.05, 0.1) is 0 Å². The van der Waals surface area contributed by atoms with Crippen LogP contribution in [0.2, 0.25) is 0 Å². The van der Waals surface area contributed by atoms with E-state index in [1.165, 1.54) is 12.8 Å². The minimum Gasteiger partial charge on any atom is -0.343 e. The van der Waals surface area contributed by atoms with Gasteiger partial charge in [-0.3, -0.25) is 0 Å². The van der Waals surface area contributed by atoms with Gasteiger partial charge >= 0.3 is 21.1 Å². The molecular formula is C12H26W. The van der Waals surface area contributed by atoms with Crippen molar-refractivity contribution in [3.63, 3.8) is 0 Å². The van der Waals surface area contributed by atoms with Crippen LogP contribution in [0.3, 0.4) is 0 Å². The maximum absolute atomic E-state index is 3.76. The molecule has 0 aromatic rings. The Hall–Kier alpha value is 0.688. The third kappa shape index (κ3) is 32.4. The molecular weight excluding hydrogens is 328 g/mol. The zero-order chi connectivity index (χ0) is 9.98. The van der Waals surface area contributed by atoms with Gasteiger partial charge < -0.3 is 13.8 Å². The molecule has 0 aliphatic rings. The fourth-order valence-electron chi connectivity index (χ4n) is 0.553.